The third kappa shape index (κ3) is 5.43. The molecule has 1 fully saturated rings. The Balaban J connectivity index is 1.92. The largest absolute Gasteiger partial charge is 0.383 e. The summed E-state index contributed by atoms with van der Waals surface area (Å²) in [7, 11) is 1.70. The van der Waals surface area contributed by atoms with Gasteiger partial charge in [-0.05, 0) is 24.3 Å². The molecule has 1 heterocycles. The van der Waals surface area contributed by atoms with Crippen molar-refractivity contribution in [2.45, 2.75) is 26.3 Å². The first-order chi connectivity index (χ1) is 10.7. The number of piperidine rings is 1. The van der Waals surface area contributed by atoms with Crippen LogP contribution in [-0.4, -0.2) is 55.6 Å². The quantitative estimate of drug-likeness (QED) is 0.775. The molecular formula is C18H28N2O2. The zero-order chi connectivity index (χ0) is 15.8. The van der Waals surface area contributed by atoms with E-state index >= 15 is 0 Å². The minimum absolute atomic E-state index is 0.249. The van der Waals surface area contributed by atoms with Crippen molar-refractivity contribution in [1.29, 1.82) is 0 Å². The fourth-order valence-electron chi connectivity index (χ4n) is 2.98. The highest BCUT2D eigenvalue weighted by Crippen LogP contribution is 2.16. The molecule has 22 heavy (non-hydrogen) atoms. The summed E-state index contributed by atoms with van der Waals surface area (Å²) < 4.78 is 5.19. The van der Waals surface area contributed by atoms with Crippen molar-refractivity contribution in [2.24, 2.45) is 5.92 Å². The average Bonchev–Trinajstić information content (AvgIpc) is 2.53. The summed E-state index contributed by atoms with van der Waals surface area (Å²) in [5.41, 5.74) is 1.23. The maximum Gasteiger partial charge on any atom is 0.236 e. The molecule has 0 radical (unpaired) electrons. The van der Waals surface area contributed by atoms with E-state index in [1.807, 2.05) is 23.1 Å². The normalized spacial score (nSPS) is 18.7. The molecule has 0 spiro atoms. The molecule has 0 aromatic heterocycles. The van der Waals surface area contributed by atoms with Gasteiger partial charge in [-0.1, -0.05) is 37.3 Å². The van der Waals surface area contributed by atoms with Gasteiger partial charge in [-0.2, -0.15) is 0 Å². The van der Waals surface area contributed by atoms with Crippen molar-refractivity contribution < 1.29 is 9.53 Å². The van der Waals surface area contributed by atoms with Gasteiger partial charge in [-0.3, -0.25) is 9.69 Å². The van der Waals surface area contributed by atoms with E-state index in [1.165, 1.54) is 12.0 Å². The monoisotopic (exact) mass is 304 g/mol. The van der Waals surface area contributed by atoms with E-state index in [9.17, 15) is 4.79 Å². The van der Waals surface area contributed by atoms with Crippen molar-refractivity contribution in [1.82, 2.24) is 9.80 Å². The van der Waals surface area contributed by atoms with E-state index in [0.29, 0.717) is 19.1 Å². The number of carbonyl (C=O) groups excluding carboxylic acids is 1. The van der Waals surface area contributed by atoms with Gasteiger partial charge in [0.25, 0.3) is 0 Å². The van der Waals surface area contributed by atoms with Crippen LogP contribution in [0.25, 0.3) is 0 Å². The molecule has 2 rings (SSSR count). The second-order valence-corrected chi connectivity index (χ2v) is 6.28. The molecule has 4 nitrogen and oxygen atoms in total. The van der Waals surface area contributed by atoms with Gasteiger partial charge in [-0.25, -0.2) is 0 Å². The molecule has 1 saturated heterocycles. The van der Waals surface area contributed by atoms with Crippen molar-refractivity contribution in [3.8, 4) is 0 Å². The van der Waals surface area contributed by atoms with Gasteiger partial charge in [0.1, 0.15) is 0 Å². The molecular weight excluding hydrogens is 276 g/mol. The van der Waals surface area contributed by atoms with E-state index in [0.717, 1.165) is 32.6 Å². The minimum atomic E-state index is 0.249. The third-order valence-electron chi connectivity index (χ3n) is 4.23. The summed E-state index contributed by atoms with van der Waals surface area (Å²) in [6, 6.07) is 10.3. The predicted octanol–water partition coefficient (Wildman–Crippen LogP) is 2.39. The number of hydrogen-bond donors (Lipinski definition) is 0. The number of hydrogen-bond acceptors (Lipinski definition) is 3. The maximum atomic E-state index is 12.6. The van der Waals surface area contributed by atoms with Crippen LogP contribution in [0, 0.1) is 5.92 Å². The average molecular weight is 304 g/mol. The second-order valence-electron chi connectivity index (χ2n) is 6.28. The van der Waals surface area contributed by atoms with Crippen LogP contribution >= 0.6 is 0 Å². The first-order valence-corrected chi connectivity index (χ1v) is 8.22. The second kappa shape index (κ2) is 8.91. The lowest BCUT2D eigenvalue weighted by Gasteiger charge is -2.33. The van der Waals surface area contributed by atoms with Crippen LogP contribution in [-0.2, 0) is 16.1 Å². The predicted molar refractivity (Wildman–Crippen MR) is 88.6 cm³/mol. The number of carbonyl (C=O) groups is 1. The number of nitrogens with zero attached hydrogens (tertiary/aromatic N) is 2. The number of likely N-dealkylation sites (tertiary alicyclic amines) is 1. The molecule has 0 N–H and O–H groups in total. The molecule has 4 heteroatoms. The summed E-state index contributed by atoms with van der Waals surface area (Å²) in [6.07, 6.45) is 2.37. The van der Waals surface area contributed by atoms with Crippen LogP contribution < -0.4 is 0 Å². The Morgan fingerprint density at radius 3 is 2.82 bits per heavy atom. The van der Waals surface area contributed by atoms with Crippen LogP contribution in [0.2, 0.25) is 0 Å². The lowest BCUT2D eigenvalue weighted by molar-refractivity contribution is -0.134. The van der Waals surface area contributed by atoms with Crippen LogP contribution in [0.3, 0.4) is 0 Å². The molecule has 122 valence electrons. The number of methoxy groups -OCH3 is 1. The standard InChI is InChI=1S/C18H28N2O2/c1-16-7-6-10-20(13-16)18(21)15-19(11-12-22-2)14-17-8-4-3-5-9-17/h3-5,8-9,16H,6-7,10-15H2,1-2H3. The lowest BCUT2D eigenvalue weighted by atomic mass is 10.0. The Kier molecular flexibility index (Phi) is 6.87. The molecule has 0 aliphatic carbocycles. The Bertz CT molecular complexity index is 450. The van der Waals surface area contributed by atoms with Crippen LogP contribution in [0.5, 0.6) is 0 Å². The van der Waals surface area contributed by atoms with Crippen molar-refractivity contribution in [2.75, 3.05) is 39.9 Å². The summed E-state index contributed by atoms with van der Waals surface area (Å²) in [4.78, 5) is 16.8. The first-order valence-electron chi connectivity index (χ1n) is 8.22. The van der Waals surface area contributed by atoms with Crippen LogP contribution in [0.4, 0.5) is 0 Å². The van der Waals surface area contributed by atoms with Gasteiger partial charge in [0, 0.05) is 33.3 Å². The fraction of sp³-hybridized carbons (Fsp3) is 0.611. The van der Waals surface area contributed by atoms with E-state index in [-0.39, 0.29) is 5.91 Å². The Labute approximate surface area is 134 Å². The molecule has 0 bridgehead atoms. The molecule has 1 aromatic carbocycles. The fourth-order valence-corrected chi connectivity index (χ4v) is 2.98. The molecule has 1 atom stereocenters. The summed E-state index contributed by atoms with van der Waals surface area (Å²) in [5.74, 6) is 0.873. The van der Waals surface area contributed by atoms with Gasteiger partial charge in [0.2, 0.25) is 5.91 Å². The molecule has 1 aliphatic rings. The van der Waals surface area contributed by atoms with Gasteiger partial charge in [-0.15, -0.1) is 0 Å². The number of rotatable bonds is 7. The zero-order valence-electron chi connectivity index (χ0n) is 13.8. The first kappa shape index (κ1) is 17.0. The number of amides is 1. The lowest BCUT2D eigenvalue weighted by Crippen LogP contribution is -2.45. The topological polar surface area (TPSA) is 32.8 Å². The van der Waals surface area contributed by atoms with Gasteiger partial charge < -0.3 is 9.64 Å². The molecule has 0 saturated carbocycles. The molecule has 1 unspecified atom stereocenters. The van der Waals surface area contributed by atoms with Gasteiger partial charge in [0.15, 0.2) is 0 Å². The minimum Gasteiger partial charge on any atom is -0.383 e. The Hall–Kier alpha value is -1.39. The zero-order valence-corrected chi connectivity index (χ0v) is 13.8. The SMILES string of the molecule is COCCN(CC(=O)N1CCCC(C)C1)Cc1ccccc1. The third-order valence-corrected chi connectivity index (χ3v) is 4.23. The van der Waals surface area contributed by atoms with E-state index in [2.05, 4.69) is 24.0 Å². The van der Waals surface area contributed by atoms with Crippen LogP contribution in [0.15, 0.2) is 30.3 Å². The summed E-state index contributed by atoms with van der Waals surface area (Å²) in [5, 5.41) is 0. The highest BCUT2D eigenvalue weighted by Gasteiger charge is 2.22. The van der Waals surface area contributed by atoms with Crippen molar-refractivity contribution in [3.63, 3.8) is 0 Å². The summed E-state index contributed by atoms with van der Waals surface area (Å²) in [6.45, 7) is 6.74. The molecule has 1 aliphatic heterocycles. The van der Waals surface area contributed by atoms with E-state index < -0.39 is 0 Å². The number of ether oxygens (including phenoxy) is 1. The van der Waals surface area contributed by atoms with Crippen molar-refractivity contribution in [3.05, 3.63) is 35.9 Å². The van der Waals surface area contributed by atoms with Gasteiger partial charge >= 0.3 is 0 Å². The number of benzene rings is 1. The summed E-state index contributed by atoms with van der Waals surface area (Å²) >= 11 is 0. The highest BCUT2D eigenvalue weighted by atomic mass is 16.5. The van der Waals surface area contributed by atoms with E-state index in [4.69, 9.17) is 4.74 Å². The molecule has 1 aromatic rings. The van der Waals surface area contributed by atoms with Crippen LogP contribution in [0.1, 0.15) is 25.3 Å². The van der Waals surface area contributed by atoms with Gasteiger partial charge in [0.05, 0.1) is 13.2 Å². The highest BCUT2D eigenvalue weighted by molar-refractivity contribution is 5.78. The maximum absolute atomic E-state index is 12.6. The molecule has 1 amide bonds. The Morgan fingerprint density at radius 1 is 1.36 bits per heavy atom. The van der Waals surface area contributed by atoms with E-state index in [1.54, 1.807) is 7.11 Å². The Morgan fingerprint density at radius 2 is 2.14 bits per heavy atom. The smallest absolute Gasteiger partial charge is 0.236 e. The van der Waals surface area contributed by atoms with Crippen molar-refractivity contribution >= 4 is 5.91 Å².